The molecule has 2 aromatic heterocycles. The summed E-state index contributed by atoms with van der Waals surface area (Å²) in [5.74, 6) is 0. The van der Waals surface area contributed by atoms with Crippen LogP contribution in [0.3, 0.4) is 0 Å². The standard InChI is InChI=1S/C13H11BrN4/c14-10-4-9-2-1-3-12(13(9)16-6-10)18-7-11(5-15)17-8-18/h1-4,6-8H,5,15H2. The van der Waals surface area contributed by atoms with Gasteiger partial charge in [0.1, 0.15) is 0 Å². The van der Waals surface area contributed by atoms with Gasteiger partial charge < -0.3 is 10.3 Å². The molecule has 0 fully saturated rings. The summed E-state index contributed by atoms with van der Waals surface area (Å²) < 4.78 is 2.92. The van der Waals surface area contributed by atoms with Crippen molar-refractivity contribution in [3.63, 3.8) is 0 Å². The number of hydrogen-bond acceptors (Lipinski definition) is 3. The number of pyridine rings is 1. The number of para-hydroxylation sites is 1. The van der Waals surface area contributed by atoms with Gasteiger partial charge in [-0.05, 0) is 28.1 Å². The van der Waals surface area contributed by atoms with Crippen molar-refractivity contribution in [2.45, 2.75) is 6.54 Å². The molecule has 3 aromatic rings. The molecule has 3 rings (SSSR count). The molecule has 0 bridgehead atoms. The second-order valence-electron chi connectivity index (χ2n) is 3.98. The summed E-state index contributed by atoms with van der Waals surface area (Å²) in [6.45, 7) is 0.441. The minimum atomic E-state index is 0.441. The van der Waals surface area contributed by atoms with Crippen LogP contribution in [0.4, 0.5) is 0 Å². The van der Waals surface area contributed by atoms with Crippen LogP contribution in [0, 0.1) is 0 Å². The topological polar surface area (TPSA) is 56.7 Å². The molecule has 0 unspecified atom stereocenters. The predicted molar refractivity (Wildman–Crippen MR) is 74.5 cm³/mol. The summed E-state index contributed by atoms with van der Waals surface area (Å²) >= 11 is 3.43. The number of fused-ring (bicyclic) bond motifs is 1. The van der Waals surface area contributed by atoms with Crippen LogP contribution in [0.25, 0.3) is 16.6 Å². The fourth-order valence-corrected chi connectivity index (χ4v) is 2.28. The Kier molecular flexibility index (Phi) is 2.85. The Balaban J connectivity index is 2.22. The molecule has 90 valence electrons. The average Bonchev–Trinajstić information content (AvgIpc) is 2.86. The van der Waals surface area contributed by atoms with E-state index in [4.69, 9.17) is 5.73 Å². The Hall–Kier alpha value is -1.72. The van der Waals surface area contributed by atoms with Crippen LogP contribution in [0.2, 0.25) is 0 Å². The fourth-order valence-electron chi connectivity index (χ4n) is 1.93. The number of nitrogens with two attached hydrogens (primary N) is 1. The van der Waals surface area contributed by atoms with E-state index < -0.39 is 0 Å². The molecular formula is C13H11BrN4. The van der Waals surface area contributed by atoms with E-state index in [0.717, 1.165) is 26.8 Å². The number of aromatic nitrogens is 3. The maximum absolute atomic E-state index is 5.58. The number of imidazole rings is 1. The molecular weight excluding hydrogens is 292 g/mol. The number of nitrogens with zero attached hydrogens (tertiary/aromatic N) is 3. The number of benzene rings is 1. The van der Waals surface area contributed by atoms with E-state index in [9.17, 15) is 0 Å². The summed E-state index contributed by atoms with van der Waals surface area (Å²) in [5.41, 5.74) is 8.39. The summed E-state index contributed by atoms with van der Waals surface area (Å²) in [6.07, 6.45) is 5.49. The van der Waals surface area contributed by atoms with Crippen LogP contribution in [0.5, 0.6) is 0 Å². The van der Waals surface area contributed by atoms with Gasteiger partial charge in [-0.25, -0.2) is 4.98 Å². The summed E-state index contributed by atoms with van der Waals surface area (Å²) in [7, 11) is 0. The highest BCUT2D eigenvalue weighted by atomic mass is 79.9. The minimum absolute atomic E-state index is 0.441. The van der Waals surface area contributed by atoms with Crippen LogP contribution in [-0.4, -0.2) is 14.5 Å². The third kappa shape index (κ3) is 1.91. The van der Waals surface area contributed by atoms with Gasteiger partial charge in [0, 0.05) is 28.8 Å². The quantitative estimate of drug-likeness (QED) is 0.792. The second kappa shape index (κ2) is 4.51. The Morgan fingerprint density at radius 1 is 1.28 bits per heavy atom. The van der Waals surface area contributed by atoms with E-state index in [1.165, 1.54) is 0 Å². The van der Waals surface area contributed by atoms with E-state index in [1.807, 2.05) is 35.0 Å². The number of hydrogen-bond donors (Lipinski definition) is 1. The van der Waals surface area contributed by atoms with Gasteiger partial charge in [0.25, 0.3) is 0 Å². The highest BCUT2D eigenvalue weighted by molar-refractivity contribution is 9.10. The number of rotatable bonds is 2. The molecule has 4 nitrogen and oxygen atoms in total. The highest BCUT2D eigenvalue weighted by Crippen LogP contribution is 2.23. The molecule has 0 spiro atoms. The van der Waals surface area contributed by atoms with Crippen molar-refractivity contribution in [1.29, 1.82) is 0 Å². The van der Waals surface area contributed by atoms with E-state index in [-0.39, 0.29) is 0 Å². The van der Waals surface area contributed by atoms with Crippen LogP contribution in [0.1, 0.15) is 5.69 Å². The molecule has 2 heterocycles. The first-order valence-corrected chi connectivity index (χ1v) is 6.35. The molecule has 0 radical (unpaired) electrons. The first kappa shape index (κ1) is 11.4. The Morgan fingerprint density at radius 2 is 2.17 bits per heavy atom. The van der Waals surface area contributed by atoms with E-state index in [0.29, 0.717) is 6.54 Å². The summed E-state index contributed by atoms with van der Waals surface area (Å²) in [6, 6.07) is 8.11. The number of halogens is 1. The monoisotopic (exact) mass is 302 g/mol. The smallest absolute Gasteiger partial charge is 0.0996 e. The maximum Gasteiger partial charge on any atom is 0.0996 e. The van der Waals surface area contributed by atoms with E-state index >= 15 is 0 Å². The van der Waals surface area contributed by atoms with Crippen molar-refractivity contribution in [2.24, 2.45) is 5.73 Å². The molecule has 0 saturated carbocycles. The molecule has 0 aliphatic heterocycles. The fraction of sp³-hybridized carbons (Fsp3) is 0.0769. The molecule has 0 amide bonds. The normalized spacial score (nSPS) is 11.0. The largest absolute Gasteiger partial charge is 0.325 e. The van der Waals surface area contributed by atoms with Gasteiger partial charge >= 0.3 is 0 Å². The Labute approximate surface area is 113 Å². The molecule has 0 aliphatic carbocycles. The molecule has 2 N–H and O–H groups in total. The Morgan fingerprint density at radius 3 is 2.94 bits per heavy atom. The van der Waals surface area contributed by atoms with Crippen LogP contribution in [0.15, 0.2) is 47.5 Å². The van der Waals surface area contributed by atoms with Gasteiger partial charge in [0.2, 0.25) is 0 Å². The molecule has 5 heteroatoms. The predicted octanol–water partition coefficient (Wildman–Crippen LogP) is 2.64. The summed E-state index contributed by atoms with van der Waals surface area (Å²) in [4.78, 5) is 8.70. The molecule has 0 saturated heterocycles. The first-order chi connectivity index (χ1) is 8.78. The first-order valence-electron chi connectivity index (χ1n) is 5.55. The molecule has 0 atom stereocenters. The lowest BCUT2D eigenvalue weighted by molar-refractivity contribution is 1.01. The third-order valence-corrected chi connectivity index (χ3v) is 3.21. The average molecular weight is 303 g/mol. The van der Waals surface area contributed by atoms with Gasteiger partial charge in [0.05, 0.1) is 23.2 Å². The van der Waals surface area contributed by atoms with Crippen molar-refractivity contribution in [3.8, 4) is 5.69 Å². The van der Waals surface area contributed by atoms with Crippen molar-refractivity contribution in [1.82, 2.24) is 14.5 Å². The van der Waals surface area contributed by atoms with Gasteiger partial charge in [-0.3, -0.25) is 4.98 Å². The Bertz CT molecular complexity index is 705. The van der Waals surface area contributed by atoms with E-state index in [2.05, 4.69) is 25.9 Å². The minimum Gasteiger partial charge on any atom is -0.325 e. The van der Waals surface area contributed by atoms with Crippen LogP contribution >= 0.6 is 15.9 Å². The van der Waals surface area contributed by atoms with Crippen molar-refractivity contribution in [3.05, 3.63) is 53.2 Å². The van der Waals surface area contributed by atoms with E-state index in [1.54, 1.807) is 12.5 Å². The van der Waals surface area contributed by atoms with Crippen LogP contribution < -0.4 is 5.73 Å². The van der Waals surface area contributed by atoms with Gasteiger partial charge in [-0.2, -0.15) is 0 Å². The van der Waals surface area contributed by atoms with Crippen molar-refractivity contribution < 1.29 is 0 Å². The highest BCUT2D eigenvalue weighted by Gasteiger charge is 2.05. The zero-order valence-corrected chi connectivity index (χ0v) is 11.1. The van der Waals surface area contributed by atoms with Gasteiger partial charge in [-0.1, -0.05) is 12.1 Å². The molecule has 1 aromatic carbocycles. The van der Waals surface area contributed by atoms with Gasteiger partial charge in [0.15, 0.2) is 0 Å². The second-order valence-corrected chi connectivity index (χ2v) is 4.89. The zero-order chi connectivity index (χ0) is 12.5. The van der Waals surface area contributed by atoms with Gasteiger partial charge in [-0.15, -0.1) is 0 Å². The van der Waals surface area contributed by atoms with Crippen molar-refractivity contribution >= 4 is 26.8 Å². The maximum atomic E-state index is 5.58. The molecule has 18 heavy (non-hydrogen) atoms. The lowest BCUT2D eigenvalue weighted by Gasteiger charge is -2.06. The lowest BCUT2D eigenvalue weighted by Crippen LogP contribution is -1.96. The van der Waals surface area contributed by atoms with Crippen LogP contribution in [-0.2, 0) is 6.54 Å². The van der Waals surface area contributed by atoms with Crippen molar-refractivity contribution in [2.75, 3.05) is 0 Å². The lowest BCUT2D eigenvalue weighted by atomic mass is 10.2. The SMILES string of the molecule is NCc1cn(-c2cccc3cc(Br)cnc23)cn1. The zero-order valence-electron chi connectivity index (χ0n) is 9.55. The summed E-state index contributed by atoms with van der Waals surface area (Å²) in [5, 5.41) is 1.09. The molecule has 0 aliphatic rings. The third-order valence-electron chi connectivity index (χ3n) is 2.78.